The molecule has 0 fully saturated rings. The van der Waals surface area contributed by atoms with Gasteiger partial charge in [0.05, 0.1) is 5.69 Å². The van der Waals surface area contributed by atoms with Crippen LogP contribution in [0.25, 0.3) is 0 Å². The fraction of sp³-hybridized carbons (Fsp3) is 0.0500. The quantitative estimate of drug-likeness (QED) is 0.375. The van der Waals surface area contributed by atoms with Gasteiger partial charge in [-0.2, -0.15) is 0 Å². The highest BCUT2D eigenvalue weighted by Crippen LogP contribution is 2.37. The molecule has 0 atom stereocenters. The highest BCUT2D eigenvalue weighted by atomic mass is 19.2. The number of carboxylic acid groups (broad SMARTS) is 1. The van der Waals surface area contributed by atoms with Crippen LogP contribution in [0, 0.1) is 23.3 Å². The van der Waals surface area contributed by atoms with Crippen molar-refractivity contribution in [2.24, 2.45) is 0 Å². The van der Waals surface area contributed by atoms with E-state index < -0.39 is 40.5 Å². The Morgan fingerprint density at radius 2 is 1.30 bits per heavy atom. The highest BCUT2D eigenvalue weighted by molar-refractivity contribution is 5.96. The van der Waals surface area contributed by atoms with Gasteiger partial charge in [-0.05, 0) is 17.7 Å². The SMILES string of the molecule is O=C(O)c1c(F)c(F)c(F)c(F)c1N(Cc1ccccc1)c1ccccc1. The minimum atomic E-state index is -2.17. The third kappa shape index (κ3) is 3.48. The van der Waals surface area contributed by atoms with Gasteiger partial charge in [-0.1, -0.05) is 48.5 Å². The molecule has 3 aromatic rings. The van der Waals surface area contributed by atoms with Gasteiger partial charge in [-0.3, -0.25) is 0 Å². The van der Waals surface area contributed by atoms with Crippen LogP contribution in [0.1, 0.15) is 15.9 Å². The molecule has 1 N–H and O–H groups in total. The molecule has 0 radical (unpaired) electrons. The molecule has 0 heterocycles. The third-order valence-electron chi connectivity index (χ3n) is 3.98. The summed E-state index contributed by atoms with van der Waals surface area (Å²) in [5.74, 6) is -9.87. The summed E-state index contributed by atoms with van der Waals surface area (Å²) < 4.78 is 56.3. The highest BCUT2D eigenvalue weighted by Gasteiger charge is 2.32. The molecule has 3 rings (SSSR count). The van der Waals surface area contributed by atoms with Gasteiger partial charge in [-0.15, -0.1) is 0 Å². The standard InChI is InChI=1S/C20H13F4NO2/c21-15-14(20(26)27)19(18(24)17(23)16(15)22)25(13-9-5-2-6-10-13)11-12-7-3-1-4-8-12/h1-10H,11H2,(H,26,27). The second-order valence-corrected chi connectivity index (χ2v) is 5.69. The van der Waals surface area contributed by atoms with Crippen LogP contribution < -0.4 is 4.90 Å². The second-order valence-electron chi connectivity index (χ2n) is 5.69. The summed E-state index contributed by atoms with van der Waals surface area (Å²) in [4.78, 5) is 12.6. The molecule has 0 spiro atoms. The molecule has 138 valence electrons. The predicted octanol–water partition coefficient (Wildman–Crippen LogP) is 5.28. The summed E-state index contributed by atoms with van der Waals surface area (Å²) >= 11 is 0. The number of hydrogen-bond acceptors (Lipinski definition) is 2. The van der Waals surface area contributed by atoms with Gasteiger partial charge >= 0.3 is 5.97 Å². The van der Waals surface area contributed by atoms with E-state index in [0.717, 1.165) is 4.90 Å². The first kappa shape index (κ1) is 18.4. The monoisotopic (exact) mass is 375 g/mol. The van der Waals surface area contributed by atoms with Crippen molar-refractivity contribution in [1.29, 1.82) is 0 Å². The summed E-state index contributed by atoms with van der Waals surface area (Å²) in [6.45, 7) is -0.0907. The Balaban J connectivity index is 2.28. The van der Waals surface area contributed by atoms with Crippen molar-refractivity contribution in [2.75, 3.05) is 4.90 Å². The molecule has 3 nitrogen and oxygen atoms in total. The lowest BCUT2D eigenvalue weighted by molar-refractivity contribution is 0.0690. The summed E-state index contributed by atoms with van der Waals surface area (Å²) in [5, 5.41) is 9.33. The van der Waals surface area contributed by atoms with Crippen molar-refractivity contribution >= 4 is 17.3 Å². The number of aromatic carboxylic acids is 1. The van der Waals surface area contributed by atoms with Crippen LogP contribution in [0.2, 0.25) is 0 Å². The Labute approximate surface area is 152 Å². The maximum Gasteiger partial charge on any atom is 0.341 e. The minimum Gasteiger partial charge on any atom is -0.478 e. The van der Waals surface area contributed by atoms with Crippen LogP contribution in [0.15, 0.2) is 60.7 Å². The Bertz CT molecular complexity index is 979. The largest absolute Gasteiger partial charge is 0.478 e. The van der Waals surface area contributed by atoms with Gasteiger partial charge in [0, 0.05) is 12.2 Å². The normalized spacial score (nSPS) is 10.7. The first-order valence-electron chi connectivity index (χ1n) is 7.87. The van der Waals surface area contributed by atoms with Gasteiger partial charge in [0.2, 0.25) is 0 Å². The molecule has 0 aromatic heterocycles. The van der Waals surface area contributed by atoms with E-state index >= 15 is 0 Å². The van der Waals surface area contributed by atoms with E-state index in [0.29, 0.717) is 5.56 Å². The van der Waals surface area contributed by atoms with Crippen molar-refractivity contribution in [1.82, 2.24) is 0 Å². The molecule has 0 aliphatic carbocycles. The van der Waals surface area contributed by atoms with Gasteiger partial charge < -0.3 is 10.0 Å². The number of anilines is 2. The van der Waals surface area contributed by atoms with Crippen LogP contribution in [-0.2, 0) is 6.54 Å². The topological polar surface area (TPSA) is 40.5 Å². The molecule has 0 amide bonds. The second kappa shape index (κ2) is 7.49. The third-order valence-corrected chi connectivity index (χ3v) is 3.98. The number of hydrogen-bond donors (Lipinski definition) is 1. The van der Waals surface area contributed by atoms with Crippen LogP contribution in [0.3, 0.4) is 0 Å². The Kier molecular flexibility index (Phi) is 5.12. The van der Waals surface area contributed by atoms with Crippen molar-refractivity contribution in [3.05, 3.63) is 95.1 Å². The lowest BCUT2D eigenvalue weighted by Gasteiger charge is -2.27. The zero-order chi connectivity index (χ0) is 19.6. The van der Waals surface area contributed by atoms with Gasteiger partial charge in [0.1, 0.15) is 5.56 Å². The van der Waals surface area contributed by atoms with E-state index in [1.165, 1.54) is 12.1 Å². The van der Waals surface area contributed by atoms with E-state index in [2.05, 4.69) is 0 Å². The molecule has 27 heavy (non-hydrogen) atoms. The summed E-state index contributed by atoms with van der Waals surface area (Å²) in [7, 11) is 0. The maximum atomic E-state index is 14.6. The molecular weight excluding hydrogens is 362 g/mol. The number of nitrogens with zero attached hydrogens (tertiary/aromatic N) is 1. The molecule has 0 aliphatic heterocycles. The summed E-state index contributed by atoms with van der Waals surface area (Å²) in [6.07, 6.45) is 0. The van der Waals surface area contributed by atoms with Crippen molar-refractivity contribution in [3.63, 3.8) is 0 Å². The molecule has 0 unspecified atom stereocenters. The van der Waals surface area contributed by atoms with E-state index in [1.54, 1.807) is 48.5 Å². The van der Waals surface area contributed by atoms with Crippen LogP contribution in [-0.4, -0.2) is 11.1 Å². The van der Waals surface area contributed by atoms with E-state index in [4.69, 9.17) is 0 Å². The number of carbonyl (C=O) groups is 1. The fourth-order valence-electron chi connectivity index (χ4n) is 2.74. The van der Waals surface area contributed by atoms with Crippen LogP contribution in [0.5, 0.6) is 0 Å². The van der Waals surface area contributed by atoms with Crippen molar-refractivity contribution < 1.29 is 27.5 Å². The smallest absolute Gasteiger partial charge is 0.341 e. The number of para-hydroxylation sites is 1. The lowest BCUT2D eigenvalue weighted by Crippen LogP contribution is -2.23. The Morgan fingerprint density at radius 1 is 0.778 bits per heavy atom. The molecule has 0 aliphatic rings. The summed E-state index contributed by atoms with van der Waals surface area (Å²) in [6, 6.07) is 16.4. The number of carboxylic acids is 1. The van der Waals surface area contributed by atoms with E-state index in [9.17, 15) is 27.5 Å². The predicted molar refractivity (Wildman–Crippen MR) is 92.0 cm³/mol. The Morgan fingerprint density at radius 3 is 1.85 bits per heavy atom. The summed E-state index contributed by atoms with van der Waals surface area (Å²) in [5.41, 5.74) is -1.24. The molecule has 3 aromatic carbocycles. The van der Waals surface area contributed by atoms with Crippen molar-refractivity contribution in [3.8, 4) is 0 Å². The molecule has 0 saturated carbocycles. The van der Waals surface area contributed by atoms with Gasteiger partial charge in [0.15, 0.2) is 23.3 Å². The average molecular weight is 375 g/mol. The maximum absolute atomic E-state index is 14.6. The number of halogens is 4. The average Bonchev–Trinajstić information content (AvgIpc) is 2.68. The Hall–Kier alpha value is -3.35. The molecule has 0 bridgehead atoms. The number of benzene rings is 3. The molecule has 0 saturated heterocycles. The number of rotatable bonds is 5. The van der Waals surface area contributed by atoms with E-state index in [1.807, 2.05) is 0 Å². The van der Waals surface area contributed by atoms with Gasteiger partial charge in [-0.25, -0.2) is 22.4 Å². The first-order valence-corrected chi connectivity index (χ1v) is 7.87. The van der Waals surface area contributed by atoms with Crippen molar-refractivity contribution in [2.45, 2.75) is 6.54 Å². The van der Waals surface area contributed by atoms with Gasteiger partial charge in [0.25, 0.3) is 0 Å². The minimum absolute atomic E-state index is 0.0907. The lowest BCUT2D eigenvalue weighted by atomic mass is 10.1. The molecular formula is C20H13F4NO2. The zero-order valence-corrected chi connectivity index (χ0v) is 13.8. The molecule has 7 heteroatoms. The van der Waals surface area contributed by atoms with Crippen LogP contribution >= 0.6 is 0 Å². The van der Waals surface area contributed by atoms with Crippen LogP contribution in [0.4, 0.5) is 28.9 Å². The zero-order valence-electron chi connectivity index (χ0n) is 13.8. The first-order chi connectivity index (χ1) is 12.9. The fourth-order valence-corrected chi connectivity index (χ4v) is 2.74. The van der Waals surface area contributed by atoms with E-state index in [-0.39, 0.29) is 12.2 Å².